The van der Waals surface area contributed by atoms with Gasteiger partial charge in [-0.25, -0.2) is 4.98 Å². The highest BCUT2D eigenvalue weighted by Crippen LogP contribution is 2.26. The largest absolute Gasteiger partial charge is 0.349 e. The van der Waals surface area contributed by atoms with Gasteiger partial charge in [0.05, 0.1) is 22.5 Å². The predicted octanol–water partition coefficient (Wildman–Crippen LogP) is 2.93. The van der Waals surface area contributed by atoms with Crippen LogP contribution in [0.4, 0.5) is 11.4 Å². The van der Waals surface area contributed by atoms with Crippen molar-refractivity contribution >= 4 is 23.2 Å². The predicted molar refractivity (Wildman–Crippen MR) is 105 cm³/mol. The van der Waals surface area contributed by atoms with E-state index in [0.29, 0.717) is 16.9 Å². The molecular formula is C20H17N5O4. The summed E-state index contributed by atoms with van der Waals surface area (Å²) in [5.41, 5.74) is 0.871. The molecule has 9 heteroatoms. The van der Waals surface area contributed by atoms with E-state index in [-0.39, 0.29) is 23.2 Å². The maximum Gasteiger partial charge on any atom is 0.294 e. The molecule has 29 heavy (non-hydrogen) atoms. The van der Waals surface area contributed by atoms with Crippen molar-refractivity contribution in [1.29, 1.82) is 0 Å². The zero-order valence-corrected chi connectivity index (χ0v) is 15.2. The molecule has 4 rings (SSSR count). The molecule has 0 bridgehead atoms. The minimum absolute atomic E-state index is 0.109. The van der Waals surface area contributed by atoms with Crippen LogP contribution >= 0.6 is 0 Å². The fourth-order valence-electron chi connectivity index (χ4n) is 2.91. The van der Waals surface area contributed by atoms with Crippen LogP contribution in [0.1, 0.15) is 33.6 Å². The lowest BCUT2D eigenvalue weighted by molar-refractivity contribution is -0.384. The molecule has 0 saturated heterocycles. The Morgan fingerprint density at radius 2 is 1.93 bits per heavy atom. The molecule has 1 aromatic heterocycles. The number of imidazole rings is 1. The van der Waals surface area contributed by atoms with Crippen molar-refractivity contribution in [2.45, 2.75) is 18.9 Å². The Morgan fingerprint density at radius 3 is 2.62 bits per heavy atom. The Morgan fingerprint density at radius 1 is 1.14 bits per heavy atom. The van der Waals surface area contributed by atoms with E-state index in [1.54, 1.807) is 30.5 Å². The van der Waals surface area contributed by atoms with Crippen molar-refractivity contribution in [1.82, 2.24) is 14.9 Å². The summed E-state index contributed by atoms with van der Waals surface area (Å²) in [6.07, 6.45) is 6.43. The first-order valence-corrected chi connectivity index (χ1v) is 9.01. The zero-order valence-electron chi connectivity index (χ0n) is 15.2. The average Bonchev–Trinajstić information content (AvgIpc) is 3.36. The Balaban J connectivity index is 1.60. The lowest BCUT2D eigenvalue weighted by Crippen LogP contribution is -2.27. The van der Waals surface area contributed by atoms with Gasteiger partial charge in [0.1, 0.15) is 5.69 Å². The summed E-state index contributed by atoms with van der Waals surface area (Å²) in [6.45, 7) is 0. The van der Waals surface area contributed by atoms with Gasteiger partial charge in [0, 0.05) is 30.1 Å². The number of hydrogen-bond donors (Lipinski definition) is 2. The molecule has 0 radical (unpaired) electrons. The number of aromatic nitrogens is 2. The maximum absolute atomic E-state index is 12.7. The molecule has 1 saturated carbocycles. The summed E-state index contributed by atoms with van der Waals surface area (Å²) in [5, 5.41) is 17.1. The van der Waals surface area contributed by atoms with E-state index < -0.39 is 10.8 Å². The third-order valence-electron chi connectivity index (χ3n) is 4.55. The summed E-state index contributed by atoms with van der Waals surface area (Å²) in [6, 6.07) is 11.0. The van der Waals surface area contributed by atoms with E-state index >= 15 is 0 Å². The summed E-state index contributed by atoms with van der Waals surface area (Å²) >= 11 is 0. The molecule has 2 amide bonds. The number of benzene rings is 2. The van der Waals surface area contributed by atoms with Gasteiger partial charge in [-0.15, -0.1) is 0 Å². The summed E-state index contributed by atoms with van der Waals surface area (Å²) in [4.78, 5) is 39.9. The Bertz CT molecular complexity index is 1090. The quantitative estimate of drug-likeness (QED) is 0.495. The number of carbonyl (C=O) groups excluding carboxylic acids is 2. The van der Waals surface area contributed by atoms with Crippen molar-refractivity contribution < 1.29 is 14.5 Å². The van der Waals surface area contributed by atoms with E-state index in [0.717, 1.165) is 12.8 Å². The summed E-state index contributed by atoms with van der Waals surface area (Å²) < 4.78 is 1.50. The van der Waals surface area contributed by atoms with Crippen LogP contribution in [-0.4, -0.2) is 32.3 Å². The van der Waals surface area contributed by atoms with Gasteiger partial charge in [-0.05, 0) is 37.1 Å². The van der Waals surface area contributed by atoms with Crippen LogP contribution in [0.5, 0.6) is 0 Å². The van der Waals surface area contributed by atoms with Crippen molar-refractivity contribution in [2.24, 2.45) is 0 Å². The number of amides is 2. The summed E-state index contributed by atoms with van der Waals surface area (Å²) in [7, 11) is 0. The Labute approximate surface area is 165 Å². The number of hydrogen-bond acceptors (Lipinski definition) is 5. The molecule has 0 atom stereocenters. The van der Waals surface area contributed by atoms with E-state index in [2.05, 4.69) is 15.6 Å². The van der Waals surface area contributed by atoms with Crippen molar-refractivity contribution in [3.8, 4) is 5.69 Å². The number of rotatable bonds is 6. The highest BCUT2D eigenvalue weighted by molar-refractivity contribution is 6.09. The van der Waals surface area contributed by atoms with Crippen molar-refractivity contribution in [2.75, 3.05) is 5.32 Å². The topological polar surface area (TPSA) is 119 Å². The fraction of sp³-hybridized carbons (Fsp3) is 0.150. The molecule has 146 valence electrons. The van der Waals surface area contributed by atoms with Crippen LogP contribution in [-0.2, 0) is 0 Å². The van der Waals surface area contributed by atoms with Crippen LogP contribution in [0.15, 0.2) is 61.2 Å². The lowest BCUT2D eigenvalue weighted by Gasteiger charge is -2.12. The van der Waals surface area contributed by atoms with Crippen LogP contribution in [0.25, 0.3) is 5.69 Å². The van der Waals surface area contributed by atoms with Gasteiger partial charge < -0.3 is 15.2 Å². The van der Waals surface area contributed by atoms with Crippen molar-refractivity contribution in [3.05, 3.63) is 82.4 Å². The standard InChI is InChI=1S/C20H17N5O4/c26-19(23-16-4-2-1-3-15(16)20(27)22-14-6-7-14)13-5-8-17(18(11-13)25(28)29)24-10-9-21-12-24/h1-5,8-12,14H,6-7H2,(H,22,27)(H,23,26). The molecule has 1 aliphatic carbocycles. The number of anilines is 1. The van der Waals surface area contributed by atoms with E-state index in [4.69, 9.17) is 0 Å². The van der Waals surface area contributed by atoms with Crippen LogP contribution in [0, 0.1) is 10.1 Å². The summed E-state index contributed by atoms with van der Waals surface area (Å²) in [5.74, 6) is -0.804. The lowest BCUT2D eigenvalue weighted by atomic mass is 10.1. The van der Waals surface area contributed by atoms with Gasteiger partial charge in [0.2, 0.25) is 0 Å². The molecule has 1 fully saturated rings. The molecule has 2 aromatic carbocycles. The monoisotopic (exact) mass is 391 g/mol. The Kier molecular flexibility index (Phi) is 4.78. The number of nitro benzene ring substituents is 1. The normalized spacial score (nSPS) is 13.0. The van der Waals surface area contributed by atoms with Gasteiger partial charge in [0.25, 0.3) is 17.5 Å². The van der Waals surface area contributed by atoms with Gasteiger partial charge in [0.15, 0.2) is 0 Å². The number of carbonyl (C=O) groups is 2. The van der Waals surface area contributed by atoms with Crippen molar-refractivity contribution in [3.63, 3.8) is 0 Å². The molecule has 0 unspecified atom stereocenters. The Hall–Kier alpha value is -4.01. The molecule has 9 nitrogen and oxygen atoms in total. The second-order valence-electron chi connectivity index (χ2n) is 6.68. The number of nitrogens with one attached hydrogen (secondary N) is 2. The average molecular weight is 391 g/mol. The van der Waals surface area contributed by atoms with E-state index in [9.17, 15) is 19.7 Å². The van der Waals surface area contributed by atoms with E-state index in [1.165, 1.54) is 35.3 Å². The first-order valence-electron chi connectivity index (χ1n) is 9.01. The van der Waals surface area contributed by atoms with Crippen LogP contribution < -0.4 is 10.6 Å². The second kappa shape index (κ2) is 7.55. The SMILES string of the molecule is O=C(Nc1ccccc1C(=O)NC1CC1)c1ccc(-n2ccnc2)c([N+](=O)[O-])c1. The molecule has 1 heterocycles. The molecule has 0 aliphatic heterocycles. The molecule has 0 spiro atoms. The molecular weight excluding hydrogens is 374 g/mol. The van der Waals surface area contributed by atoms with Gasteiger partial charge in [-0.2, -0.15) is 0 Å². The minimum atomic E-state index is -0.552. The zero-order chi connectivity index (χ0) is 20.4. The first kappa shape index (κ1) is 18.4. The highest BCUT2D eigenvalue weighted by atomic mass is 16.6. The second-order valence-corrected chi connectivity index (χ2v) is 6.68. The van der Waals surface area contributed by atoms with Crippen LogP contribution in [0.3, 0.4) is 0 Å². The molecule has 1 aliphatic rings. The number of para-hydroxylation sites is 1. The highest BCUT2D eigenvalue weighted by Gasteiger charge is 2.25. The molecule has 2 N–H and O–H groups in total. The van der Waals surface area contributed by atoms with Crippen LogP contribution in [0.2, 0.25) is 0 Å². The third kappa shape index (κ3) is 3.98. The first-order chi connectivity index (χ1) is 14.0. The molecule has 3 aromatic rings. The maximum atomic E-state index is 12.7. The van der Waals surface area contributed by atoms with Gasteiger partial charge in [-0.1, -0.05) is 12.1 Å². The van der Waals surface area contributed by atoms with Gasteiger partial charge in [-0.3, -0.25) is 19.7 Å². The smallest absolute Gasteiger partial charge is 0.294 e. The fourth-order valence-corrected chi connectivity index (χ4v) is 2.91. The van der Waals surface area contributed by atoms with Gasteiger partial charge >= 0.3 is 0 Å². The number of nitrogens with zero attached hydrogens (tertiary/aromatic N) is 3. The minimum Gasteiger partial charge on any atom is -0.349 e. The number of nitro groups is 1. The third-order valence-corrected chi connectivity index (χ3v) is 4.55. The van der Waals surface area contributed by atoms with E-state index in [1.807, 2.05) is 0 Å².